The molecule has 0 aliphatic rings. The number of fused-ring (bicyclic) bond motifs is 1. The van der Waals surface area contributed by atoms with Crippen molar-refractivity contribution in [2.45, 2.75) is 19.8 Å². The van der Waals surface area contributed by atoms with Gasteiger partial charge in [-0.15, -0.1) is 0 Å². The first kappa shape index (κ1) is 15.3. The number of urea groups is 1. The predicted octanol–water partition coefficient (Wildman–Crippen LogP) is 2.89. The van der Waals surface area contributed by atoms with Crippen LogP contribution in [0.2, 0.25) is 0 Å². The summed E-state index contributed by atoms with van der Waals surface area (Å²) in [6.07, 6.45) is 0.390. The molecule has 0 saturated heterocycles. The number of carbonyl (C=O) groups is 2. The van der Waals surface area contributed by atoms with Crippen molar-refractivity contribution in [1.82, 2.24) is 10.3 Å². The van der Waals surface area contributed by atoms with Crippen molar-refractivity contribution in [2.75, 3.05) is 11.9 Å². The number of oxazole rings is 1. The summed E-state index contributed by atoms with van der Waals surface area (Å²) in [7, 11) is 0. The van der Waals surface area contributed by atoms with Gasteiger partial charge in [-0.25, -0.2) is 9.78 Å². The lowest BCUT2D eigenvalue weighted by Gasteiger charge is -2.07. The Kier molecular flexibility index (Phi) is 4.79. The Hall–Kier alpha value is -2.09. The lowest BCUT2D eigenvalue weighted by molar-refractivity contribution is -0.137. The molecule has 1 aromatic heterocycles. The van der Waals surface area contributed by atoms with E-state index in [0.29, 0.717) is 29.1 Å². The van der Waals surface area contributed by atoms with Gasteiger partial charge in [0, 0.05) is 24.4 Å². The number of nitrogens with one attached hydrogen (secondary N) is 2. The van der Waals surface area contributed by atoms with E-state index in [4.69, 9.17) is 9.52 Å². The summed E-state index contributed by atoms with van der Waals surface area (Å²) in [5, 5.41) is 13.8. The van der Waals surface area contributed by atoms with Crippen LogP contribution in [0.1, 0.15) is 18.7 Å². The van der Waals surface area contributed by atoms with E-state index in [1.165, 1.54) is 0 Å². The number of amides is 2. The van der Waals surface area contributed by atoms with Crippen molar-refractivity contribution in [3.63, 3.8) is 0 Å². The molecule has 0 aliphatic heterocycles. The fourth-order valence-corrected chi connectivity index (χ4v) is 2.26. The number of aryl methyl sites for hydroxylation is 1. The Morgan fingerprint density at radius 2 is 2.19 bits per heavy atom. The maximum absolute atomic E-state index is 11.8. The maximum atomic E-state index is 11.8. The van der Waals surface area contributed by atoms with Crippen LogP contribution in [-0.4, -0.2) is 28.6 Å². The zero-order valence-corrected chi connectivity index (χ0v) is 12.9. The Bertz CT molecular complexity index is 683. The van der Waals surface area contributed by atoms with E-state index in [0.717, 1.165) is 4.47 Å². The van der Waals surface area contributed by atoms with E-state index >= 15 is 0 Å². The highest BCUT2D eigenvalue weighted by molar-refractivity contribution is 9.10. The molecule has 0 fully saturated rings. The van der Waals surface area contributed by atoms with Crippen molar-refractivity contribution in [1.29, 1.82) is 0 Å². The van der Waals surface area contributed by atoms with Crippen molar-refractivity contribution in [3.05, 3.63) is 22.5 Å². The van der Waals surface area contributed by atoms with Gasteiger partial charge in [-0.2, -0.15) is 0 Å². The van der Waals surface area contributed by atoms with E-state index in [1.54, 1.807) is 19.1 Å². The van der Waals surface area contributed by atoms with Gasteiger partial charge in [0.1, 0.15) is 5.52 Å². The number of rotatable bonds is 5. The minimum atomic E-state index is -0.886. The molecule has 8 heteroatoms. The van der Waals surface area contributed by atoms with Crippen molar-refractivity contribution < 1.29 is 19.1 Å². The molecule has 2 aromatic rings. The van der Waals surface area contributed by atoms with E-state index < -0.39 is 12.0 Å². The van der Waals surface area contributed by atoms with Crippen LogP contribution in [0.15, 0.2) is 21.0 Å². The molecule has 112 valence electrons. The SMILES string of the molecule is Cc1nc2cc(Br)cc(NC(=O)NCCCC(=O)O)c2o1. The summed E-state index contributed by atoms with van der Waals surface area (Å²) in [6, 6.07) is 3.08. The Labute approximate surface area is 128 Å². The summed E-state index contributed by atoms with van der Waals surface area (Å²) in [5.41, 5.74) is 1.63. The first-order valence-corrected chi connectivity index (χ1v) is 7.08. The van der Waals surface area contributed by atoms with Crippen LogP contribution in [0.3, 0.4) is 0 Å². The number of halogens is 1. The Morgan fingerprint density at radius 3 is 2.90 bits per heavy atom. The highest BCUT2D eigenvalue weighted by atomic mass is 79.9. The van der Waals surface area contributed by atoms with Crippen LogP contribution in [0.25, 0.3) is 11.1 Å². The molecule has 3 N–H and O–H groups in total. The molecule has 0 unspecified atom stereocenters. The van der Waals surface area contributed by atoms with E-state index in [1.807, 2.05) is 0 Å². The van der Waals surface area contributed by atoms with Gasteiger partial charge in [0.15, 0.2) is 11.5 Å². The molecule has 2 amide bonds. The summed E-state index contributed by atoms with van der Waals surface area (Å²) >= 11 is 3.34. The molecule has 1 aromatic carbocycles. The Balaban J connectivity index is 2.02. The smallest absolute Gasteiger partial charge is 0.319 e. The molecule has 21 heavy (non-hydrogen) atoms. The largest absolute Gasteiger partial charge is 0.481 e. The summed E-state index contributed by atoms with van der Waals surface area (Å²) in [5.74, 6) is -0.379. The summed E-state index contributed by atoms with van der Waals surface area (Å²) in [6.45, 7) is 2.01. The van der Waals surface area contributed by atoms with Gasteiger partial charge in [0.25, 0.3) is 0 Å². The number of anilines is 1. The van der Waals surface area contributed by atoms with Gasteiger partial charge in [-0.3, -0.25) is 4.79 Å². The van der Waals surface area contributed by atoms with Crippen LogP contribution < -0.4 is 10.6 Å². The molecular weight excluding hydrogens is 342 g/mol. The second kappa shape index (κ2) is 6.57. The zero-order valence-electron chi connectivity index (χ0n) is 11.3. The van der Waals surface area contributed by atoms with Gasteiger partial charge in [-0.05, 0) is 18.6 Å². The average Bonchev–Trinajstić information content (AvgIpc) is 2.75. The molecule has 0 saturated carbocycles. The number of nitrogens with zero attached hydrogens (tertiary/aromatic N) is 1. The van der Waals surface area contributed by atoms with Crippen molar-refractivity contribution in [3.8, 4) is 0 Å². The van der Waals surface area contributed by atoms with Crippen molar-refractivity contribution >= 4 is 44.7 Å². The van der Waals surface area contributed by atoms with Gasteiger partial charge >= 0.3 is 12.0 Å². The first-order chi connectivity index (χ1) is 9.95. The monoisotopic (exact) mass is 355 g/mol. The highest BCUT2D eigenvalue weighted by Gasteiger charge is 2.12. The van der Waals surface area contributed by atoms with E-state index in [9.17, 15) is 9.59 Å². The minimum absolute atomic E-state index is 0.0166. The number of carboxylic acids is 1. The van der Waals surface area contributed by atoms with Crippen LogP contribution in [0.4, 0.5) is 10.5 Å². The lowest BCUT2D eigenvalue weighted by atomic mass is 10.3. The molecule has 1 heterocycles. The predicted molar refractivity (Wildman–Crippen MR) is 80.3 cm³/mol. The number of carbonyl (C=O) groups excluding carboxylic acids is 1. The van der Waals surface area contributed by atoms with Gasteiger partial charge in [-0.1, -0.05) is 15.9 Å². The third kappa shape index (κ3) is 4.19. The van der Waals surface area contributed by atoms with Gasteiger partial charge in [0.2, 0.25) is 0 Å². The number of hydrogen-bond acceptors (Lipinski definition) is 4. The fraction of sp³-hybridized carbons (Fsp3) is 0.308. The molecule has 0 spiro atoms. The third-order valence-electron chi connectivity index (χ3n) is 2.66. The summed E-state index contributed by atoms with van der Waals surface area (Å²) in [4.78, 5) is 26.3. The minimum Gasteiger partial charge on any atom is -0.481 e. The lowest BCUT2D eigenvalue weighted by Crippen LogP contribution is -2.29. The molecule has 0 atom stereocenters. The van der Waals surface area contributed by atoms with Gasteiger partial charge < -0.3 is 20.2 Å². The zero-order chi connectivity index (χ0) is 15.4. The molecule has 0 aliphatic carbocycles. The average molecular weight is 356 g/mol. The van der Waals surface area contributed by atoms with Crippen LogP contribution in [0, 0.1) is 6.92 Å². The van der Waals surface area contributed by atoms with Crippen LogP contribution >= 0.6 is 15.9 Å². The number of aromatic nitrogens is 1. The highest BCUT2D eigenvalue weighted by Crippen LogP contribution is 2.28. The fourth-order valence-electron chi connectivity index (χ4n) is 1.81. The third-order valence-corrected chi connectivity index (χ3v) is 3.12. The normalized spacial score (nSPS) is 10.6. The quantitative estimate of drug-likeness (QED) is 0.715. The number of aliphatic carboxylic acids is 1. The second-order valence-electron chi connectivity index (χ2n) is 4.41. The number of benzene rings is 1. The second-order valence-corrected chi connectivity index (χ2v) is 5.33. The van der Waals surface area contributed by atoms with E-state index in [2.05, 4.69) is 31.5 Å². The van der Waals surface area contributed by atoms with E-state index in [-0.39, 0.29) is 13.0 Å². The molecular formula is C13H14BrN3O4. The summed E-state index contributed by atoms with van der Waals surface area (Å²) < 4.78 is 6.23. The maximum Gasteiger partial charge on any atom is 0.319 e. The molecule has 0 radical (unpaired) electrons. The molecule has 7 nitrogen and oxygen atoms in total. The van der Waals surface area contributed by atoms with Crippen molar-refractivity contribution in [2.24, 2.45) is 0 Å². The first-order valence-electron chi connectivity index (χ1n) is 6.29. The number of carboxylic acid groups (broad SMARTS) is 1. The topological polar surface area (TPSA) is 104 Å². The van der Waals surface area contributed by atoms with Gasteiger partial charge in [0.05, 0.1) is 5.69 Å². The van der Waals surface area contributed by atoms with Crippen LogP contribution in [0.5, 0.6) is 0 Å². The number of hydrogen-bond donors (Lipinski definition) is 3. The van der Waals surface area contributed by atoms with Crippen LogP contribution in [-0.2, 0) is 4.79 Å². The standard InChI is InChI=1S/C13H14BrN3O4/c1-7-16-9-5-8(14)6-10(12(9)21-7)17-13(20)15-4-2-3-11(18)19/h5-6H,2-4H2,1H3,(H,18,19)(H2,15,17,20). The Morgan fingerprint density at radius 1 is 1.43 bits per heavy atom. The molecule has 0 bridgehead atoms. The molecule has 2 rings (SSSR count).